The average molecular weight is 428 g/mol. The Morgan fingerprint density at radius 1 is 1.23 bits per heavy atom. The molecular weight excluding hydrogens is 405 g/mol. The van der Waals surface area contributed by atoms with Gasteiger partial charge in [-0.25, -0.2) is 4.39 Å². The minimum atomic E-state index is -0.511. The van der Waals surface area contributed by atoms with E-state index in [-0.39, 0.29) is 23.2 Å². The van der Waals surface area contributed by atoms with Crippen molar-refractivity contribution in [3.05, 3.63) is 59.9 Å². The number of carbonyl (C=O) groups is 1. The highest BCUT2D eigenvalue weighted by Gasteiger charge is 2.23. The Morgan fingerprint density at radius 3 is 2.73 bits per heavy atom. The standard InChI is InChI=1S/C22H22FN3O3S/c1-28-16-10-8-15(9-11-16)21-24-25-22(26(21)13-17-5-4-12-29-17)30-14-20(27)18-6-2-3-7-19(18)23/h2-3,6-11,17H,4-5,12-14H2,1H3/t17-/m1/s1. The van der Waals surface area contributed by atoms with Crippen LogP contribution in [0.3, 0.4) is 0 Å². The second-order valence-corrected chi connectivity index (χ2v) is 7.91. The van der Waals surface area contributed by atoms with Crippen molar-refractivity contribution in [2.75, 3.05) is 19.5 Å². The lowest BCUT2D eigenvalue weighted by Gasteiger charge is -2.15. The number of ether oxygens (including phenoxy) is 2. The lowest BCUT2D eigenvalue weighted by atomic mass is 10.1. The third-order valence-electron chi connectivity index (χ3n) is 4.98. The number of carbonyl (C=O) groups excluding carboxylic acids is 1. The molecule has 1 aromatic heterocycles. The molecule has 156 valence electrons. The molecule has 1 aliphatic heterocycles. The van der Waals surface area contributed by atoms with E-state index < -0.39 is 5.82 Å². The Hall–Kier alpha value is -2.71. The first-order valence-corrected chi connectivity index (χ1v) is 10.7. The van der Waals surface area contributed by atoms with E-state index >= 15 is 0 Å². The fourth-order valence-electron chi connectivity index (χ4n) is 3.40. The second kappa shape index (κ2) is 9.40. The van der Waals surface area contributed by atoms with Crippen LogP contribution in [0.15, 0.2) is 53.7 Å². The van der Waals surface area contributed by atoms with Crippen LogP contribution in [0.25, 0.3) is 11.4 Å². The number of methoxy groups -OCH3 is 1. The Bertz CT molecular complexity index is 1020. The van der Waals surface area contributed by atoms with E-state index in [9.17, 15) is 9.18 Å². The summed E-state index contributed by atoms with van der Waals surface area (Å²) in [5.74, 6) is 0.745. The van der Waals surface area contributed by atoms with Crippen molar-refractivity contribution in [1.82, 2.24) is 14.8 Å². The van der Waals surface area contributed by atoms with Gasteiger partial charge in [-0.15, -0.1) is 10.2 Å². The van der Waals surface area contributed by atoms with Gasteiger partial charge in [0.25, 0.3) is 0 Å². The van der Waals surface area contributed by atoms with Crippen LogP contribution in [0, 0.1) is 5.82 Å². The molecule has 0 unspecified atom stereocenters. The van der Waals surface area contributed by atoms with E-state index in [1.54, 1.807) is 19.2 Å². The van der Waals surface area contributed by atoms with Crippen molar-refractivity contribution in [2.24, 2.45) is 0 Å². The van der Waals surface area contributed by atoms with Crippen molar-refractivity contribution < 1.29 is 18.7 Å². The molecule has 30 heavy (non-hydrogen) atoms. The van der Waals surface area contributed by atoms with Gasteiger partial charge in [0, 0.05) is 12.2 Å². The average Bonchev–Trinajstić information content (AvgIpc) is 3.43. The summed E-state index contributed by atoms with van der Waals surface area (Å²) < 4.78 is 26.9. The highest BCUT2D eigenvalue weighted by molar-refractivity contribution is 7.99. The Balaban J connectivity index is 1.57. The zero-order valence-corrected chi connectivity index (χ0v) is 17.4. The number of thioether (sulfide) groups is 1. The number of hydrogen-bond acceptors (Lipinski definition) is 6. The molecule has 0 radical (unpaired) electrons. The minimum Gasteiger partial charge on any atom is -0.497 e. The van der Waals surface area contributed by atoms with Gasteiger partial charge in [-0.05, 0) is 49.2 Å². The maximum Gasteiger partial charge on any atom is 0.192 e. The van der Waals surface area contributed by atoms with Gasteiger partial charge in [-0.2, -0.15) is 0 Å². The molecule has 1 saturated heterocycles. The van der Waals surface area contributed by atoms with Crippen molar-refractivity contribution in [3.8, 4) is 17.1 Å². The number of benzene rings is 2. The van der Waals surface area contributed by atoms with Gasteiger partial charge in [0.2, 0.25) is 0 Å². The highest BCUT2D eigenvalue weighted by Crippen LogP contribution is 2.28. The van der Waals surface area contributed by atoms with Crippen LogP contribution < -0.4 is 4.74 Å². The third-order valence-corrected chi connectivity index (χ3v) is 5.95. The van der Waals surface area contributed by atoms with E-state index in [1.165, 1.54) is 23.9 Å². The number of rotatable bonds is 8. The normalized spacial score (nSPS) is 16.0. The summed E-state index contributed by atoms with van der Waals surface area (Å²) in [7, 11) is 1.62. The Morgan fingerprint density at radius 2 is 2.03 bits per heavy atom. The molecule has 0 N–H and O–H groups in total. The molecule has 0 aliphatic carbocycles. The van der Waals surface area contributed by atoms with Gasteiger partial charge in [-0.1, -0.05) is 23.9 Å². The number of halogens is 1. The van der Waals surface area contributed by atoms with Gasteiger partial charge >= 0.3 is 0 Å². The first-order valence-electron chi connectivity index (χ1n) is 9.75. The van der Waals surface area contributed by atoms with Gasteiger partial charge < -0.3 is 9.47 Å². The number of nitrogens with zero attached hydrogens (tertiary/aromatic N) is 3. The predicted molar refractivity (Wildman–Crippen MR) is 112 cm³/mol. The maximum absolute atomic E-state index is 13.9. The molecule has 2 aromatic carbocycles. The highest BCUT2D eigenvalue weighted by atomic mass is 32.2. The first kappa shape index (κ1) is 20.6. The monoisotopic (exact) mass is 427 g/mol. The molecule has 2 heterocycles. The molecule has 4 rings (SSSR count). The van der Waals surface area contributed by atoms with Crippen LogP contribution in [0.2, 0.25) is 0 Å². The molecule has 3 aromatic rings. The summed E-state index contributed by atoms with van der Waals surface area (Å²) in [4.78, 5) is 12.5. The zero-order valence-electron chi connectivity index (χ0n) is 16.6. The summed E-state index contributed by atoms with van der Waals surface area (Å²) in [6.07, 6.45) is 2.08. The molecule has 6 nitrogen and oxygen atoms in total. The van der Waals surface area contributed by atoms with Crippen molar-refractivity contribution in [2.45, 2.75) is 30.6 Å². The van der Waals surface area contributed by atoms with Gasteiger partial charge in [0.05, 0.1) is 31.1 Å². The summed E-state index contributed by atoms with van der Waals surface area (Å²) in [5, 5.41) is 9.28. The summed E-state index contributed by atoms with van der Waals surface area (Å²) in [6.45, 7) is 1.35. The van der Waals surface area contributed by atoms with E-state index in [4.69, 9.17) is 9.47 Å². The smallest absolute Gasteiger partial charge is 0.192 e. The van der Waals surface area contributed by atoms with Crippen LogP contribution in [-0.2, 0) is 11.3 Å². The minimum absolute atomic E-state index is 0.0766. The quantitative estimate of drug-likeness (QED) is 0.396. The van der Waals surface area contributed by atoms with Crippen LogP contribution in [0.1, 0.15) is 23.2 Å². The Labute approximate surface area is 178 Å². The SMILES string of the molecule is COc1ccc(-c2nnc(SCC(=O)c3ccccc3F)n2C[C@H]2CCCO2)cc1. The number of hydrogen-bond donors (Lipinski definition) is 0. The maximum atomic E-state index is 13.9. The van der Waals surface area contributed by atoms with E-state index in [0.29, 0.717) is 17.5 Å². The summed E-state index contributed by atoms with van der Waals surface area (Å²) in [6, 6.07) is 13.6. The zero-order chi connectivity index (χ0) is 20.9. The summed E-state index contributed by atoms with van der Waals surface area (Å²) in [5.41, 5.74) is 0.985. The lowest BCUT2D eigenvalue weighted by molar-refractivity contribution is 0.0953. The third kappa shape index (κ3) is 4.55. The van der Waals surface area contributed by atoms with Crippen molar-refractivity contribution in [1.29, 1.82) is 0 Å². The van der Waals surface area contributed by atoms with Crippen LogP contribution in [0.5, 0.6) is 5.75 Å². The van der Waals surface area contributed by atoms with Crippen LogP contribution in [0.4, 0.5) is 4.39 Å². The number of ketones is 1. The first-order chi connectivity index (χ1) is 14.7. The predicted octanol–water partition coefficient (Wildman–Crippen LogP) is 4.25. The van der Waals surface area contributed by atoms with Gasteiger partial charge in [0.1, 0.15) is 11.6 Å². The molecular formula is C22H22FN3O3S. The van der Waals surface area contributed by atoms with Crippen LogP contribution in [-0.4, -0.2) is 46.1 Å². The largest absolute Gasteiger partial charge is 0.497 e. The second-order valence-electron chi connectivity index (χ2n) is 6.97. The number of Topliss-reactive ketones (excluding diaryl/α,β-unsaturated/α-hetero) is 1. The van der Waals surface area contributed by atoms with Crippen molar-refractivity contribution >= 4 is 17.5 Å². The fraction of sp³-hybridized carbons (Fsp3) is 0.318. The molecule has 1 fully saturated rings. The van der Waals surface area contributed by atoms with E-state index in [2.05, 4.69) is 10.2 Å². The van der Waals surface area contributed by atoms with Gasteiger partial charge in [-0.3, -0.25) is 9.36 Å². The topological polar surface area (TPSA) is 66.2 Å². The van der Waals surface area contributed by atoms with E-state index in [1.807, 2.05) is 28.8 Å². The summed E-state index contributed by atoms with van der Waals surface area (Å²) >= 11 is 1.26. The molecule has 0 saturated carbocycles. The number of aromatic nitrogens is 3. The molecule has 1 aliphatic rings. The van der Waals surface area contributed by atoms with Crippen molar-refractivity contribution in [3.63, 3.8) is 0 Å². The van der Waals surface area contributed by atoms with Gasteiger partial charge in [0.15, 0.2) is 16.8 Å². The Kier molecular flexibility index (Phi) is 6.44. The van der Waals surface area contributed by atoms with E-state index in [0.717, 1.165) is 30.8 Å². The molecule has 1 atom stereocenters. The molecule has 0 amide bonds. The molecule has 8 heteroatoms. The fourth-order valence-corrected chi connectivity index (χ4v) is 4.23. The lowest BCUT2D eigenvalue weighted by Crippen LogP contribution is -2.17. The molecule has 0 bridgehead atoms. The van der Waals surface area contributed by atoms with Crippen LogP contribution >= 0.6 is 11.8 Å². The molecule has 0 spiro atoms.